The summed E-state index contributed by atoms with van der Waals surface area (Å²) in [5.74, 6) is 0.227. The Morgan fingerprint density at radius 3 is 2.57 bits per heavy atom. The Morgan fingerprint density at radius 1 is 1.10 bits per heavy atom. The predicted molar refractivity (Wildman–Crippen MR) is 164 cm³/mol. The maximum atomic E-state index is 13.6. The maximum absolute atomic E-state index is 13.6. The van der Waals surface area contributed by atoms with Crippen molar-refractivity contribution in [1.82, 2.24) is 30.1 Å². The molecule has 2 aromatic carbocycles. The Labute approximate surface area is 256 Å². The summed E-state index contributed by atoms with van der Waals surface area (Å²) in [7, 11) is -4.21. The molecule has 1 amide bonds. The van der Waals surface area contributed by atoms with Crippen LogP contribution in [-0.4, -0.2) is 86.6 Å². The number of rotatable bonds is 8. The first kappa shape index (κ1) is 30.9. The summed E-state index contributed by atoms with van der Waals surface area (Å²) in [4.78, 5) is 21.9. The number of ether oxygens (including phenoxy) is 1. The van der Waals surface area contributed by atoms with Crippen molar-refractivity contribution in [3.05, 3.63) is 63.8 Å². The minimum Gasteiger partial charge on any atom is -0.487 e. The largest absolute Gasteiger partial charge is 0.487 e. The molecule has 1 atom stereocenters. The van der Waals surface area contributed by atoms with Crippen LogP contribution in [0.25, 0.3) is 10.9 Å². The molecule has 0 spiro atoms. The summed E-state index contributed by atoms with van der Waals surface area (Å²) in [5.41, 5.74) is 0.434. The fraction of sp³-hybridized carbons (Fsp3) is 0.448. The number of benzene rings is 2. The number of aromatic nitrogens is 1. The van der Waals surface area contributed by atoms with E-state index in [1.807, 2.05) is 31.2 Å². The number of hydrogen-bond acceptors (Lipinski definition) is 8. The highest BCUT2D eigenvalue weighted by molar-refractivity contribution is 7.89. The number of amides is 1. The van der Waals surface area contributed by atoms with Gasteiger partial charge in [0.15, 0.2) is 0 Å². The average Bonchev–Trinajstić information content (AvgIpc) is 2.96. The quantitative estimate of drug-likeness (QED) is 0.346. The zero-order valence-corrected chi connectivity index (χ0v) is 26.2. The molecule has 2 fully saturated rings. The van der Waals surface area contributed by atoms with Gasteiger partial charge in [-0.15, -0.1) is 0 Å². The molecule has 3 N–H and O–H groups in total. The van der Waals surface area contributed by atoms with Gasteiger partial charge in [0, 0.05) is 67.5 Å². The summed E-state index contributed by atoms with van der Waals surface area (Å²) in [6.07, 6.45) is 0.230. The van der Waals surface area contributed by atoms with Crippen LogP contribution in [0.5, 0.6) is 5.75 Å². The SMILES string of the molecule is Cc1ccc2cccc(OCc3c(Cl)ccc(S(=O)(=O)NC(C)(C)C(=O)N4CCN(C5CNCCN5)CC4)c3Cl)c2n1. The number of fused-ring (bicyclic) bond motifs is 1. The summed E-state index contributed by atoms with van der Waals surface area (Å²) >= 11 is 13.1. The Bertz CT molecular complexity index is 1570. The molecule has 1 unspecified atom stereocenters. The van der Waals surface area contributed by atoms with E-state index in [1.165, 1.54) is 12.1 Å². The predicted octanol–water partition coefficient (Wildman–Crippen LogP) is 3.15. The number of halogens is 2. The van der Waals surface area contributed by atoms with Crippen molar-refractivity contribution in [3.8, 4) is 5.75 Å². The van der Waals surface area contributed by atoms with Crippen molar-refractivity contribution in [2.24, 2.45) is 0 Å². The lowest BCUT2D eigenvalue weighted by molar-refractivity contribution is -0.138. The molecule has 0 bridgehead atoms. The third kappa shape index (κ3) is 6.67. The highest BCUT2D eigenvalue weighted by atomic mass is 35.5. The van der Waals surface area contributed by atoms with Crippen molar-refractivity contribution >= 4 is 50.0 Å². The molecule has 13 heteroatoms. The van der Waals surface area contributed by atoms with Crippen LogP contribution in [0.2, 0.25) is 10.0 Å². The number of aryl methyl sites for hydroxylation is 1. The standard InChI is InChI=1S/C29H36Cl2N6O4S/c1-19-7-8-20-5-4-6-23(27(20)34-19)41-18-21-22(30)9-10-24(26(21)31)42(39,40)35-29(2,3)28(38)37-15-13-36(14-16-37)25-17-32-11-12-33-25/h4-10,25,32-33,35H,11-18H2,1-3H3. The van der Waals surface area contributed by atoms with Crippen LogP contribution in [0.1, 0.15) is 25.1 Å². The van der Waals surface area contributed by atoms with E-state index in [1.54, 1.807) is 24.8 Å². The molecule has 42 heavy (non-hydrogen) atoms. The fourth-order valence-corrected chi connectivity index (χ4v) is 7.62. The molecule has 226 valence electrons. The molecule has 2 saturated heterocycles. The highest BCUT2D eigenvalue weighted by Crippen LogP contribution is 2.34. The van der Waals surface area contributed by atoms with E-state index in [0.29, 0.717) is 43.0 Å². The molecular weight excluding hydrogens is 599 g/mol. The number of pyridine rings is 1. The van der Waals surface area contributed by atoms with Gasteiger partial charge in [-0.3, -0.25) is 15.0 Å². The lowest BCUT2D eigenvalue weighted by atomic mass is 10.0. The fourth-order valence-electron chi connectivity index (χ4n) is 5.36. The van der Waals surface area contributed by atoms with Crippen LogP contribution < -0.4 is 20.1 Å². The summed E-state index contributed by atoms with van der Waals surface area (Å²) < 4.78 is 35.8. The van der Waals surface area contributed by atoms with Crippen LogP contribution in [0.3, 0.4) is 0 Å². The second-order valence-corrected chi connectivity index (χ2v) is 13.6. The number of hydrogen-bond donors (Lipinski definition) is 3. The number of carbonyl (C=O) groups is 1. The van der Waals surface area contributed by atoms with E-state index in [9.17, 15) is 13.2 Å². The molecule has 1 aromatic heterocycles. The number of para-hydroxylation sites is 1. The molecule has 3 aromatic rings. The Balaban J connectivity index is 1.29. The molecule has 0 saturated carbocycles. The smallest absolute Gasteiger partial charge is 0.243 e. The first-order chi connectivity index (χ1) is 20.0. The Morgan fingerprint density at radius 2 is 1.86 bits per heavy atom. The van der Waals surface area contributed by atoms with Crippen molar-refractivity contribution in [2.45, 2.75) is 44.0 Å². The van der Waals surface area contributed by atoms with Gasteiger partial charge in [0.25, 0.3) is 0 Å². The van der Waals surface area contributed by atoms with Crippen LogP contribution in [-0.2, 0) is 21.4 Å². The van der Waals surface area contributed by atoms with Crippen molar-refractivity contribution in [1.29, 1.82) is 0 Å². The molecule has 2 aliphatic rings. The van der Waals surface area contributed by atoms with Gasteiger partial charge < -0.3 is 15.0 Å². The maximum Gasteiger partial charge on any atom is 0.243 e. The van der Waals surface area contributed by atoms with E-state index in [-0.39, 0.29) is 33.6 Å². The van der Waals surface area contributed by atoms with Crippen LogP contribution in [0.4, 0.5) is 0 Å². The van der Waals surface area contributed by atoms with Crippen LogP contribution in [0.15, 0.2) is 47.4 Å². The van der Waals surface area contributed by atoms with Gasteiger partial charge in [-0.05, 0) is 45.0 Å². The molecule has 0 radical (unpaired) electrons. The van der Waals surface area contributed by atoms with E-state index in [2.05, 4.69) is 25.2 Å². The number of carbonyl (C=O) groups excluding carboxylic acids is 1. The van der Waals surface area contributed by atoms with Gasteiger partial charge in [0.2, 0.25) is 15.9 Å². The van der Waals surface area contributed by atoms with Gasteiger partial charge >= 0.3 is 0 Å². The highest BCUT2D eigenvalue weighted by Gasteiger charge is 2.39. The summed E-state index contributed by atoms with van der Waals surface area (Å²) in [6.45, 7) is 10.1. The first-order valence-electron chi connectivity index (χ1n) is 13.9. The van der Waals surface area contributed by atoms with E-state index < -0.39 is 15.6 Å². The van der Waals surface area contributed by atoms with Gasteiger partial charge in [0.05, 0.1) is 11.2 Å². The molecule has 3 heterocycles. The third-order valence-corrected chi connectivity index (χ3v) is 10.2. The zero-order chi connectivity index (χ0) is 30.1. The van der Waals surface area contributed by atoms with Gasteiger partial charge in [-0.1, -0.05) is 41.4 Å². The van der Waals surface area contributed by atoms with E-state index in [0.717, 1.165) is 30.7 Å². The minimum absolute atomic E-state index is 0.0650. The summed E-state index contributed by atoms with van der Waals surface area (Å²) in [5, 5.41) is 7.97. The molecule has 2 aliphatic heterocycles. The van der Waals surface area contributed by atoms with Crippen molar-refractivity contribution < 1.29 is 17.9 Å². The number of sulfonamides is 1. The topological polar surface area (TPSA) is 116 Å². The molecule has 5 rings (SSSR count). The van der Waals surface area contributed by atoms with Gasteiger partial charge in [-0.2, -0.15) is 4.72 Å². The van der Waals surface area contributed by atoms with Crippen LogP contribution >= 0.6 is 23.2 Å². The van der Waals surface area contributed by atoms with Crippen LogP contribution in [0, 0.1) is 6.92 Å². The third-order valence-electron chi connectivity index (χ3n) is 7.62. The lowest BCUT2D eigenvalue weighted by Gasteiger charge is -2.42. The minimum atomic E-state index is -4.21. The van der Waals surface area contributed by atoms with Crippen molar-refractivity contribution in [2.75, 3.05) is 45.8 Å². The molecular formula is C29H36Cl2N6O4S. The molecule has 10 nitrogen and oxygen atoms in total. The Hall–Kier alpha value is -2.51. The number of piperazine rings is 2. The normalized spacial score (nSPS) is 18.8. The Kier molecular flexibility index (Phi) is 9.29. The zero-order valence-electron chi connectivity index (χ0n) is 23.9. The number of nitrogens with zero attached hydrogens (tertiary/aromatic N) is 3. The monoisotopic (exact) mass is 634 g/mol. The van der Waals surface area contributed by atoms with Gasteiger partial charge in [0.1, 0.15) is 28.3 Å². The lowest BCUT2D eigenvalue weighted by Crippen LogP contribution is -2.64. The number of nitrogens with one attached hydrogen (secondary N) is 3. The summed E-state index contributed by atoms with van der Waals surface area (Å²) in [6, 6.07) is 12.2. The first-order valence-corrected chi connectivity index (χ1v) is 16.2. The van der Waals surface area contributed by atoms with E-state index >= 15 is 0 Å². The van der Waals surface area contributed by atoms with E-state index in [4.69, 9.17) is 27.9 Å². The van der Waals surface area contributed by atoms with Crippen molar-refractivity contribution in [3.63, 3.8) is 0 Å². The molecule has 0 aliphatic carbocycles. The second kappa shape index (κ2) is 12.6. The second-order valence-electron chi connectivity index (χ2n) is 11.1. The van der Waals surface area contributed by atoms with Gasteiger partial charge in [-0.25, -0.2) is 13.4 Å². The average molecular weight is 636 g/mol.